The fourth-order valence-corrected chi connectivity index (χ4v) is 4.97. The molecule has 1 unspecified atom stereocenters. The van der Waals surface area contributed by atoms with Crippen LogP contribution in [0.4, 0.5) is 10.7 Å². The van der Waals surface area contributed by atoms with Gasteiger partial charge in [-0.2, -0.15) is 0 Å². The van der Waals surface area contributed by atoms with E-state index in [0.717, 1.165) is 23.3 Å². The van der Waals surface area contributed by atoms with Crippen LogP contribution in [0.1, 0.15) is 39.7 Å². The molecule has 2 aromatic heterocycles. The number of thiophene rings is 1. The Kier molecular flexibility index (Phi) is 6.89. The SMILES string of the molecule is C=CC(=O)NC1=CC(c2csc3c(=O)cc(N4CCN(C(=O)OC(C)(C)C)CC4)oc23)=CCC1C. The van der Waals surface area contributed by atoms with Gasteiger partial charge in [0.05, 0.1) is 0 Å². The molecule has 1 saturated heterocycles. The summed E-state index contributed by atoms with van der Waals surface area (Å²) >= 11 is 1.35. The van der Waals surface area contributed by atoms with E-state index in [1.165, 1.54) is 23.5 Å². The number of carbonyl (C=O) groups excluding carboxylic acids is 2. The summed E-state index contributed by atoms with van der Waals surface area (Å²) in [5, 5.41) is 4.81. The van der Waals surface area contributed by atoms with E-state index in [2.05, 4.69) is 18.0 Å². The normalized spacial score (nSPS) is 18.7. The molecule has 1 fully saturated rings. The van der Waals surface area contributed by atoms with E-state index in [9.17, 15) is 14.4 Å². The average Bonchev–Trinajstić information content (AvgIpc) is 3.24. The van der Waals surface area contributed by atoms with E-state index >= 15 is 0 Å². The second-order valence-electron chi connectivity index (χ2n) is 9.80. The van der Waals surface area contributed by atoms with Gasteiger partial charge in [-0.15, -0.1) is 11.3 Å². The van der Waals surface area contributed by atoms with Crippen molar-refractivity contribution in [1.29, 1.82) is 0 Å². The van der Waals surface area contributed by atoms with Gasteiger partial charge < -0.3 is 24.3 Å². The molecule has 2 amide bonds. The Morgan fingerprint density at radius 1 is 1.26 bits per heavy atom. The number of nitrogens with one attached hydrogen (secondary N) is 1. The Morgan fingerprint density at radius 3 is 2.63 bits per heavy atom. The van der Waals surface area contributed by atoms with Crippen LogP contribution in [0, 0.1) is 5.92 Å². The van der Waals surface area contributed by atoms with E-state index in [4.69, 9.17) is 9.15 Å². The predicted molar refractivity (Wildman–Crippen MR) is 139 cm³/mol. The first-order valence-electron chi connectivity index (χ1n) is 11.7. The van der Waals surface area contributed by atoms with Crippen molar-refractivity contribution in [1.82, 2.24) is 10.2 Å². The van der Waals surface area contributed by atoms with Gasteiger partial charge in [0.25, 0.3) is 0 Å². The van der Waals surface area contributed by atoms with Gasteiger partial charge in [-0.1, -0.05) is 19.6 Å². The summed E-state index contributed by atoms with van der Waals surface area (Å²) in [5.41, 5.74) is 2.44. The van der Waals surface area contributed by atoms with E-state index in [0.29, 0.717) is 42.3 Å². The largest absolute Gasteiger partial charge is 0.444 e. The third-order valence-corrected chi connectivity index (χ3v) is 6.95. The lowest BCUT2D eigenvalue weighted by atomic mass is 9.92. The monoisotopic (exact) mass is 497 g/mol. The smallest absolute Gasteiger partial charge is 0.410 e. The molecule has 2 aliphatic rings. The molecule has 0 aromatic carbocycles. The van der Waals surface area contributed by atoms with Crippen LogP contribution in [0.25, 0.3) is 15.9 Å². The van der Waals surface area contributed by atoms with E-state index in [-0.39, 0.29) is 23.3 Å². The van der Waals surface area contributed by atoms with Crippen LogP contribution in [-0.2, 0) is 9.53 Å². The van der Waals surface area contributed by atoms with Gasteiger partial charge in [-0.25, -0.2) is 4.79 Å². The number of hydrogen-bond donors (Lipinski definition) is 1. The Morgan fingerprint density at radius 2 is 1.97 bits per heavy atom. The van der Waals surface area contributed by atoms with Gasteiger partial charge in [0.2, 0.25) is 11.3 Å². The highest BCUT2D eigenvalue weighted by Crippen LogP contribution is 2.36. The lowest BCUT2D eigenvalue weighted by molar-refractivity contribution is -0.115. The first kappa shape index (κ1) is 24.8. The molecule has 35 heavy (non-hydrogen) atoms. The first-order valence-corrected chi connectivity index (χ1v) is 12.6. The Hall–Kier alpha value is -3.33. The Labute approximate surface area is 208 Å². The molecule has 1 aliphatic heterocycles. The number of nitrogens with zero attached hydrogens (tertiary/aromatic N) is 2. The van der Waals surface area contributed by atoms with E-state index < -0.39 is 5.60 Å². The summed E-state index contributed by atoms with van der Waals surface area (Å²) in [7, 11) is 0. The number of hydrogen-bond acceptors (Lipinski definition) is 7. The summed E-state index contributed by atoms with van der Waals surface area (Å²) in [6.45, 7) is 13.1. The Balaban J connectivity index is 1.57. The quantitative estimate of drug-likeness (QED) is 0.625. The molecule has 1 aliphatic carbocycles. The van der Waals surface area contributed by atoms with Gasteiger partial charge >= 0.3 is 6.09 Å². The molecule has 186 valence electrons. The van der Waals surface area contributed by atoms with Crippen molar-refractivity contribution in [3.05, 3.63) is 57.7 Å². The van der Waals surface area contributed by atoms with Crippen molar-refractivity contribution >= 4 is 45.1 Å². The minimum atomic E-state index is -0.546. The van der Waals surface area contributed by atoms with Gasteiger partial charge in [0.15, 0.2) is 11.5 Å². The summed E-state index contributed by atoms with van der Waals surface area (Å²) < 4.78 is 12.3. The number of piperazine rings is 1. The van der Waals surface area contributed by atoms with Crippen molar-refractivity contribution in [3.63, 3.8) is 0 Å². The zero-order valence-electron chi connectivity index (χ0n) is 20.6. The number of carbonyl (C=O) groups is 2. The predicted octanol–water partition coefficient (Wildman–Crippen LogP) is 4.52. The van der Waals surface area contributed by atoms with Crippen LogP contribution >= 0.6 is 11.3 Å². The molecule has 0 spiro atoms. The van der Waals surface area contributed by atoms with Crippen molar-refractivity contribution in [2.24, 2.45) is 5.92 Å². The van der Waals surface area contributed by atoms with Crippen LogP contribution in [0.3, 0.4) is 0 Å². The third kappa shape index (κ3) is 5.51. The molecule has 0 bridgehead atoms. The zero-order chi connectivity index (χ0) is 25.3. The van der Waals surface area contributed by atoms with Crippen molar-refractivity contribution in [2.75, 3.05) is 31.1 Å². The van der Waals surface area contributed by atoms with Gasteiger partial charge in [0, 0.05) is 48.9 Å². The summed E-state index contributed by atoms with van der Waals surface area (Å²) in [5.74, 6) is 0.398. The molecule has 9 heteroatoms. The summed E-state index contributed by atoms with van der Waals surface area (Å²) in [6.07, 6.45) is 5.70. The lowest BCUT2D eigenvalue weighted by Crippen LogP contribution is -2.50. The maximum atomic E-state index is 12.9. The fourth-order valence-electron chi connectivity index (χ4n) is 4.06. The topological polar surface area (TPSA) is 92.1 Å². The molecular weight excluding hydrogens is 466 g/mol. The van der Waals surface area contributed by atoms with Crippen LogP contribution < -0.4 is 15.6 Å². The Bertz CT molecular complexity index is 1270. The molecule has 0 radical (unpaired) electrons. The third-order valence-electron chi connectivity index (χ3n) is 5.97. The number of amides is 2. The minimum absolute atomic E-state index is 0.0963. The first-order chi connectivity index (χ1) is 16.6. The lowest BCUT2D eigenvalue weighted by Gasteiger charge is -2.35. The number of allylic oxidation sites excluding steroid dienone is 4. The van der Waals surface area contributed by atoms with Crippen LogP contribution in [0.2, 0.25) is 0 Å². The molecular formula is C26H31N3O5S. The second kappa shape index (κ2) is 9.73. The van der Waals surface area contributed by atoms with E-state index in [1.54, 1.807) is 4.90 Å². The highest BCUT2D eigenvalue weighted by atomic mass is 32.1. The zero-order valence-corrected chi connectivity index (χ0v) is 21.4. The molecule has 2 aromatic rings. The highest BCUT2D eigenvalue weighted by molar-refractivity contribution is 7.17. The maximum Gasteiger partial charge on any atom is 0.410 e. The molecule has 0 saturated carbocycles. The van der Waals surface area contributed by atoms with Crippen molar-refractivity contribution in [2.45, 2.75) is 39.7 Å². The number of ether oxygens (including phenoxy) is 1. The highest BCUT2D eigenvalue weighted by Gasteiger charge is 2.27. The standard InChI is InChI=1S/C26H31N3O5S/c1-6-21(31)27-19-13-17(8-7-16(19)2)18-15-35-24-20(30)14-22(33-23(18)24)28-9-11-29(12-10-28)25(32)34-26(3,4)5/h6,8,13-16H,1,7,9-12H2,2-5H3,(H,27,31). The maximum absolute atomic E-state index is 12.9. The molecule has 1 N–H and O–H groups in total. The minimum Gasteiger partial charge on any atom is -0.444 e. The molecule has 4 rings (SSSR count). The van der Waals surface area contributed by atoms with Crippen molar-refractivity contribution in [3.8, 4) is 0 Å². The van der Waals surface area contributed by atoms with E-state index in [1.807, 2.05) is 44.1 Å². The molecule has 3 heterocycles. The second-order valence-corrected chi connectivity index (χ2v) is 10.7. The van der Waals surface area contributed by atoms with Crippen LogP contribution in [0.5, 0.6) is 0 Å². The fraction of sp³-hybridized carbons (Fsp3) is 0.423. The number of anilines is 1. The summed E-state index contributed by atoms with van der Waals surface area (Å²) in [6, 6.07) is 1.52. The summed E-state index contributed by atoms with van der Waals surface area (Å²) in [4.78, 5) is 40.8. The van der Waals surface area contributed by atoms with Crippen molar-refractivity contribution < 1.29 is 18.7 Å². The average molecular weight is 498 g/mol. The van der Waals surface area contributed by atoms with Gasteiger partial charge in [0.1, 0.15) is 10.3 Å². The number of fused-ring (bicyclic) bond motifs is 1. The van der Waals surface area contributed by atoms with Gasteiger partial charge in [-0.05, 0) is 50.8 Å². The number of rotatable bonds is 4. The molecule has 1 atom stereocenters. The van der Waals surface area contributed by atoms with Gasteiger partial charge in [-0.3, -0.25) is 9.59 Å². The van der Waals surface area contributed by atoms with Crippen LogP contribution in [0.15, 0.2) is 51.2 Å². The molecule has 8 nitrogen and oxygen atoms in total. The van der Waals surface area contributed by atoms with Crippen LogP contribution in [-0.4, -0.2) is 48.7 Å².